The third kappa shape index (κ3) is 5.02. The van der Waals surface area contributed by atoms with Gasteiger partial charge < -0.3 is 29.3 Å². The molecule has 2 N–H and O–H groups in total. The molecule has 8 nitrogen and oxygen atoms in total. The number of anilines is 2. The molecule has 2 atom stereocenters. The van der Waals surface area contributed by atoms with Crippen molar-refractivity contribution in [3.8, 4) is 5.75 Å². The van der Waals surface area contributed by atoms with E-state index in [0.717, 1.165) is 22.8 Å². The first-order chi connectivity index (χ1) is 18.3. The maximum absolute atomic E-state index is 12.6. The minimum atomic E-state index is -0.537. The fourth-order valence-electron chi connectivity index (χ4n) is 4.59. The van der Waals surface area contributed by atoms with Gasteiger partial charge in [0.25, 0.3) is 0 Å². The summed E-state index contributed by atoms with van der Waals surface area (Å²) in [6, 6.07) is 19.2. The van der Waals surface area contributed by atoms with Crippen molar-refractivity contribution in [2.75, 3.05) is 17.3 Å². The maximum Gasteiger partial charge on any atom is 0.229 e. The number of nitrogens with one attached hydrogen (secondary N) is 2. The molecule has 0 unspecified atom stereocenters. The first-order valence-corrected chi connectivity index (χ1v) is 12.8. The van der Waals surface area contributed by atoms with E-state index in [0.29, 0.717) is 23.1 Å². The molecule has 0 radical (unpaired) electrons. The first-order valence-electron chi connectivity index (χ1n) is 12.4. The molecular weight excluding hydrogens is 498 g/mol. The number of hydrogen-bond donors (Lipinski definition) is 2. The number of carbonyl (C=O) groups excluding carboxylic acids is 1. The number of pyridine rings is 1. The van der Waals surface area contributed by atoms with Gasteiger partial charge in [-0.2, -0.15) is 0 Å². The van der Waals surface area contributed by atoms with Crippen molar-refractivity contribution >= 4 is 34.6 Å². The largest absolute Gasteiger partial charge is 0.494 e. The van der Waals surface area contributed by atoms with Gasteiger partial charge in [0.2, 0.25) is 5.91 Å². The van der Waals surface area contributed by atoms with Gasteiger partial charge in [0.1, 0.15) is 17.6 Å². The van der Waals surface area contributed by atoms with E-state index in [1.165, 1.54) is 0 Å². The van der Waals surface area contributed by atoms with E-state index in [-0.39, 0.29) is 18.0 Å². The molecule has 1 saturated heterocycles. The molecule has 0 aliphatic carbocycles. The lowest BCUT2D eigenvalue weighted by atomic mass is 9.95. The van der Waals surface area contributed by atoms with Gasteiger partial charge in [0.05, 0.1) is 37.3 Å². The highest BCUT2D eigenvalue weighted by atomic mass is 32.1. The molecule has 4 heterocycles. The van der Waals surface area contributed by atoms with Crippen LogP contribution in [0.3, 0.4) is 0 Å². The molecule has 1 aromatic carbocycles. The number of rotatable bonds is 7. The molecule has 1 amide bonds. The Kier molecular flexibility index (Phi) is 6.94. The Balaban J connectivity index is 1.56. The second-order valence-corrected chi connectivity index (χ2v) is 10.6. The Bertz CT molecular complexity index is 1430. The van der Waals surface area contributed by atoms with Crippen LogP contribution >= 0.6 is 12.2 Å². The minimum Gasteiger partial charge on any atom is -0.494 e. The van der Waals surface area contributed by atoms with Crippen LogP contribution in [0.2, 0.25) is 0 Å². The van der Waals surface area contributed by atoms with E-state index >= 15 is 0 Å². The van der Waals surface area contributed by atoms with Gasteiger partial charge in [-0.1, -0.05) is 26.8 Å². The number of hydrogen-bond acceptors (Lipinski definition) is 5. The van der Waals surface area contributed by atoms with Gasteiger partial charge in [0, 0.05) is 35.3 Å². The second kappa shape index (κ2) is 10.3. The zero-order valence-corrected chi connectivity index (χ0v) is 22.7. The normalized spacial score (nSPS) is 17.4. The SMILES string of the molecule is COc1cc(N2C(=S)N[C@@H](c3ccccn3)[C@@H]2c2cccn2Cc2ccco2)ccc1NC(=O)C(C)(C)C. The number of nitrogens with zero attached hydrogens (tertiary/aromatic N) is 3. The molecule has 196 valence electrons. The van der Waals surface area contributed by atoms with Crippen molar-refractivity contribution in [3.05, 3.63) is 96.5 Å². The van der Waals surface area contributed by atoms with E-state index < -0.39 is 5.41 Å². The van der Waals surface area contributed by atoms with Crippen molar-refractivity contribution < 1.29 is 13.9 Å². The summed E-state index contributed by atoms with van der Waals surface area (Å²) >= 11 is 5.89. The van der Waals surface area contributed by atoms with Gasteiger partial charge >= 0.3 is 0 Å². The van der Waals surface area contributed by atoms with Crippen LogP contribution in [0.25, 0.3) is 0 Å². The molecule has 1 aliphatic heterocycles. The van der Waals surface area contributed by atoms with Gasteiger partial charge in [-0.15, -0.1) is 0 Å². The summed E-state index contributed by atoms with van der Waals surface area (Å²) in [6.07, 6.45) is 5.51. The van der Waals surface area contributed by atoms with E-state index in [1.807, 2.05) is 81.6 Å². The molecule has 5 rings (SSSR count). The zero-order chi connectivity index (χ0) is 26.9. The molecule has 0 spiro atoms. The smallest absolute Gasteiger partial charge is 0.229 e. The molecular formula is C29H31N5O3S. The number of amides is 1. The minimum absolute atomic E-state index is 0.0919. The summed E-state index contributed by atoms with van der Waals surface area (Å²) in [5, 5.41) is 7.05. The Morgan fingerprint density at radius 1 is 1.16 bits per heavy atom. The fraction of sp³-hybridized carbons (Fsp3) is 0.276. The number of carbonyl (C=O) groups is 1. The molecule has 1 fully saturated rings. The van der Waals surface area contributed by atoms with Crippen molar-refractivity contribution in [2.45, 2.75) is 39.4 Å². The van der Waals surface area contributed by atoms with E-state index in [9.17, 15) is 4.79 Å². The highest BCUT2D eigenvalue weighted by molar-refractivity contribution is 7.80. The quantitative estimate of drug-likeness (QED) is 0.297. The van der Waals surface area contributed by atoms with E-state index in [1.54, 1.807) is 19.6 Å². The van der Waals surface area contributed by atoms with E-state index in [4.69, 9.17) is 21.4 Å². The standard InChI is InChI=1S/C29H31N5O3S/c1-29(2,3)27(35)31-21-13-12-19(17-24(21)36-4)34-26(25(32-28(34)38)22-10-5-6-14-30-22)23-11-7-15-33(23)18-20-9-8-16-37-20/h5-17,25-26H,18H2,1-4H3,(H,31,35)(H,32,38)/t25-,26-/m0/s1. The average Bonchev–Trinajstić information content (AvgIpc) is 3.65. The molecule has 3 aromatic heterocycles. The van der Waals surface area contributed by atoms with Gasteiger partial charge in [0.15, 0.2) is 5.11 Å². The van der Waals surface area contributed by atoms with Crippen LogP contribution in [0.1, 0.15) is 50.0 Å². The number of methoxy groups -OCH3 is 1. The predicted molar refractivity (Wildman–Crippen MR) is 151 cm³/mol. The number of benzene rings is 1. The van der Waals surface area contributed by atoms with Crippen LogP contribution in [0.4, 0.5) is 11.4 Å². The third-order valence-corrected chi connectivity index (χ3v) is 6.88. The maximum atomic E-state index is 12.6. The topological polar surface area (TPSA) is 84.6 Å². The summed E-state index contributed by atoms with van der Waals surface area (Å²) in [4.78, 5) is 19.4. The highest BCUT2D eigenvalue weighted by Crippen LogP contribution is 2.43. The molecule has 4 aromatic rings. The van der Waals surface area contributed by atoms with Crippen LogP contribution in [0.5, 0.6) is 5.75 Å². The molecule has 0 saturated carbocycles. The van der Waals surface area contributed by atoms with Gasteiger partial charge in [-0.3, -0.25) is 9.78 Å². The number of aromatic nitrogens is 2. The molecule has 9 heteroatoms. The summed E-state index contributed by atoms with van der Waals surface area (Å²) < 4.78 is 13.5. The van der Waals surface area contributed by atoms with Gasteiger partial charge in [-0.05, 0) is 60.7 Å². The summed E-state index contributed by atoms with van der Waals surface area (Å²) in [5.74, 6) is 1.32. The zero-order valence-electron chi connectivity index (χ0n) is 21.8. The second-order valence-electron chi connectivity index (χ2n) is 10.2. The molecule has 1 aliphatic rings. The van der Waals surface area contributed by atoms with Crippen LogP contribution in [-0.4, -0.2) is 27.7 Å². The molecule has 38 heavy (non-hydrogen) atoms. The number of furan rings is 1. The van der Waals surface area contributed by atoms with Crippen LogP contribution in [-0.2, 0) is 11.3 Å². The Labute approximate surface area is 227 Å². The number of ether oxygens (including phenoxy) is 1. The fourth-order valence-corrected chi connectivity index (χ4v) is 4.93. The lowest BCUT2D eigenvalue weighted by Crippen LogP contribution is -2.31. The van der Waals surface area contributed by atoms with Crippen LogP contribution < -0.4 is 20.3 Å². The van der Waals surface area contributed by atoms with Crippen molar-refractivity contribution in [1.82, 2.24) is 14.9 Å². The van der Waals surface area contributed by atoms with Crippen molar-refractivity contribution in [2.24, 2.45) is 5.41 Å². The highest BCUT2D eigenvalue weighted by Gasteiger charge is 2.42. The Morgan fingerprint density at radius 2 is 2.00 bits per heavy atom. The van der Waals surface area contributed by atoms with Crippen molar-refractivity contribution in [3.63, 3.8) is 0 Å². The van der Waals surface area contributed by atoms with Gasteiger partial charge in [-0.25, -0.2) is 0 Å². The predicted octanol–water partition coefficient (Wildman–Crippen LogP) is 5.69. The molecule has 0 bridgehead atoms. The summed E-state index contributed by atoms with van der Waals surface area (Å²) in [5.41, 5.74) is 2.84. The third-order valence-electron chi connectivity index (χ3n) is 6.56. The summed E-state index contributed by atoms with van der Waals surface area (Å²) in [6.45, 7) is 6.20. The first kappa shape index (κ1) is 25.5. The van der Waals surface area contributed by atoms with E-state index in [2.05, 4.69) is 31.2 Å². The number of thiocarbonyl (C=S) groups is 1. The Morgan fingerprint density at radius 3 is 2.68 bits per heavy atom. The average molecular weight is 530 g/mol. The van der Waals surface area contributed by atoms with Crippen LogP contribution in [0.15, 0.2) is 83.7 Å². The lowest BCUT2D eigenvalue weighted by Gasteiger charge is -2.29. The van der Waals surface area contributed by atoms with Crippen molar-refractivity contribution in [1.29, 1.82) is 0 Å². The monoisotopic (exact) mass is 529 g/mol. The Hall–Kier alpha value is -4.11. The van der Waals surface area contributed by atoms with Crippen LogP contribution in [0, 0.1) is 5.41 Å². The summed E-state index contributed by atoms with van der Waals surface area (Å²) in [7, 11) is 1.59. The lowest BCUT2D eigenvalue weighted by molar-refractivity contribution is -0.123.